The van der Waals surface area contributed by atoms with Crippen molar-refractivity contribution in [3.63, 3.8) is 0 Å². The minimum atomic E-state index is -0.297. The summed E-state index contributed by atoms with van der Waals surface area (Å²) < 4.78 is 4.76. The summed E-state index contributed by atoms with van der Waals surface area (Å²) in [6.07, 6.45) is 8.75. The maximum atomic E-state index is 11.3. The maximum Gasteiger partial charge on any atom is 0.343 e. The van der Waals surface area contributed by atoms with Crippen molar-refractivity contribution in [3.05, 3.63) is 46.0 Å². The van der Waals surface area contributed by atoms with Crippen molar-refractivity contribution >= 4 is 12.2 Å². The second-order valence-corrected chi connectivity index (χ2v) is 2.58. The molecule has 0 aliphatic carbocycles. The van der Waals surface area contributed by atoms with Gasteiger partial charge in [0.05, 0.1) is 11.8 Å². The zero-order valence-corrected chi connectivity index (χ0v) is 9.78. The van der Waals surface area contributed by atoms with Crippen LogP contribution in [0.5, 0.6) is 0 Å². The average molecular weight is 206 g/mol. The van der Waals surface area contributed by atoms with Crippen LogP contribution in [0.2, 0.25) is 0 Å². The molecule has 0 radical (unpaired) electrons. The fourth-order valence-corrected chi connectivity index (χ4v) is 1.10. The summed E-state index contributed by atoms with van der Waals surface area (Å²) in [6.45, 7) is 7.78. The third-order valence-corrected chi connectivity index (χ3v) is 1.63. The molecule has 0 aromatic carbocycles. The van der Waals surface area contributed by atoms with E-state index in [0.717, 1.165) is 5.56 Å². The second kappa shape index (κ2) is 7.80. The Morgan fingerprint density at radius 2 is 1.73 bits per heavy atom. The third kappa shape index (κ3) is 3.98. The van der Waals surface area contributed by atoms with Crippen LogP contribution in [0.3, 0.4) is 0 Å². The molecule has 0 amide bonds. The smallest absolute Gasteiger partial charge is 0.343 e. The van der Waals surface area contributed by atoms with Crippen molar-refractivity contribution < 1.29 is 4.42 Å². The summed E-state index contributed by atoms with van der Waals surface area (Å²) in [5.74, 6) is 0. The highest BCUT2D eigenvalue weighted by Crippen LogP contribution is 2.07. The van der Waals surface area contributed by atoms with E-state index in [4.69, 9.17) is 4.42 Å². The molecule has 1 heterocycles. The van der Waals surface area contributed by atoms with Crippen LogP contribution in [0.1, 0.15) is 38.8 Å². The van der Waals surface area contributed by atoms with Crippen molar-refractivity contribution in [3.8, 4) is 0 Å². The van der Waals surface area contributed by atoms with Crippen molar-refractivity contribution in [2.75, 3.05) is 0 Å². The molecule has 15 heavy (non-hydrogen) atoms. The minimum absolute atomic E-state index is 0.297. The van der Waals surface area contributed by atoms with E-state index in [9.17, 15) is 4.79 Å². The van der Waals surface area contributed by atoms with Gasteiger partial charge in [-0.05, 0) is 25.5 Å². The lowest BCUT2D eigenvalue weighted by Crippen LogP contribution is -2.03. The number of hydrogen-bond acceptors (Lipinski definition) is 2. The van der Waals surface area contributed by atoms with Gasteiger partial charge in [0.15, 0.2) is 0 Å². The monoisotopic (exact) mass is 206 g/mol. The predicted octanol–water partition coefficient (Wildman–Crippen LogP) is 3.73. The molecule has 0 saturated carbocycles. The molecule has 0 N–H and O–H groups in total. The van der Waals surface area contributed by atoms with E-state index in [1.807, 2.05) is 45.9 Å². The molecule has 1 rings (SSSR count). The predicted molar refractivity (Wildman–Crippen MR) is 65.7 cm³/mol. The summed E-state index contributed by atoms with van der Waals surface area (Å²) in [7, 11) is 0. The van der Waals surface area contributed by atoms with Crippen LogP contribution >= 0.6 is 0 Å². The first-order valence-corrected chi connectivity index (χ1v) is 5.16. The highest BCUT2D eigenvalue weighted by Gasteiger charge is 2.00. The van der Waals surface area contributed by atoms with Crippen LogP contribution in [0, 0.1) is 0 Å². The van der Waals surface area contributed by atoms with Gasteiger partial charge in [0.2, 0.25) is 0 Å². The normalized spacial score (nSPS) is 10.4. The fourth-order valence-electron chi connectivity index (χ4n) is 1.10. The van der Waals surface area contributed by atoms with Gasteiger partial charge in [0.1, 0.15) is 0 Å². The summed E-state index contributed by atoms with van der Waals surface area (Å²) in [5, 5.41) is 0. The van der Waals surface area contributed by atoms with Gasteiger partial charge in [-0.15, -0.1) is 0 Å². The van der Waals surface area contributed by atoms with E-state index in [0.29, 0.717) is 5.56 Å². The van der Waals surface area contributed by atoms with Gasteiger partial charge in [0, 0.05) is 0 Å². The summed E-state index contributed by atoms with van der Waals surface area (Å²) in [6, 6.07) is 1.77. The van der Waals surface area contributed by atoms with Gasteiger partial charge in [-0.3, -0.25) is 0 Å². The average Bonchev–Trinajstić information content (AvgIpc) is 2.26. The van der Waals surface area contributed by atoms with Crippen LogP contribution in [0.25, 0.3) is 12.2 Å². The molecule has 1 aromatic heterocycles. The molecule has 0 atom stereocenters. The van der Waals surface area contributed by atoms with Gasteiger partial charge in [0.25, 0.3) is 0 Å². The number of allylic oxidation sites excluding steroid dienone is 2. The first-order valence-electron chi connectivity index (χ1n) is 5.16. The van der Waals surface area contributed by atoms with Crippen LogP contribution in [0.4, 0.5) is 0 Å². The van der Waals surface area contributed by atoms with E-state index in [-0.39, 0.29) is 5.63 Å². The Balaban J connectivity index is 0.000000921. The standard InChI is InChI=1S/C11H12O2.C2H6/c1-3-5-9-7-8-13-11(12)10(9)6-4-2;1-2/h3-8H,1-2H3;1-2H3/b5-3-,6-4-;. The van der Waals surface area contributed by atoms with Crippen LogP contribution in [-0.4, -0.2) is 0 Å². The summed E-state index contributed by atoms with van der Waals surface area (Å²) >= 11 is 0. The highest BCUT2D eigenvalue weighted by atomic mass is 16.4. The van der Waals surface area contributed by atoms with Crippen molar-refractivity contribution in [2.45, 2.75) is 27.7 Å². The molecule has 0 aliphatic heterocycles. The molecule has 82 valence electrons. The van der Waals surface area contributed by atoms with Crippen LogP contribution in [-0.2, 0) is 0 Å². The lowest BCUT2D eigenvalue weighted by atomic mass is 10.1. The number of hydrogen-bond donors (Lipinski definition) is 0. The van der Waals surface area contributed by atoms with E-state index >= 15 is 0 Å². The van der Waals surface area contributed by atoms with Gasteiger partial charge in [-0.1, -0.05) is 38.2 Å². The maximum absolute atomic E-state index is 11.3. The van der Waals surface area contributed by atoms with E-state index < -0.39 is 0 Å². The van der Waals surface area contributed by atoms with Gasteiger partial charge < -0.3 is 4.42 Å². The minimum Gasteiger partial charge on any atom is -0.431 e. The first-order chi connectivity index (χ1) is 7.29. The van der Waals surface area contributed by atoms with Gasteiger partial charge in [-0.25, -0.2) is 4.79 Å². The van der Waals surface area contributed by atoms with Gasteiger partial charge in [-0.2, -0.15) is 0 Å². The molecule has 0 unspecified atom stereocenters. The van der Waals surface area contributed by atoms with Crippen molar-refractivity contribution in [1.82, 2.24) is 0 Å². The Hall–Kier alpha value is -1.57. The van der Waals surface area contributed by atoms with Crippen LogP contribution < -0.4 is 5.63 Å². The molecular formula is C13H18O2. The molecule has 0 spiro atoms. The topological polar surface area (TPSA) is 30.2 Å². The molecule has 0 saturated heterocycles. The van der Waals surface area contributed by atoms with E-state index in [2.05, 4.69) is 0 Å². The quantitative estimate of drug-likeness (QED) is 0.738. The Labute approximate surface area is 90.9 Å². The van der Waals surface area contributed by atoms with Crippen molar-refractivity contribution in [1.29, 1.82) is 0 Å². The lowest BCUT2D eigenvalue weighted by Gasteiger charge is -1.96. The lowest BCUT2D eigenvalue weighted by molar-refractivity contribution is 0.508. The largest absolute Gasteiger partial charge is 0.431 e. The molecule has 2 heteroatoms. The third-order valence-electron chi connectivity index (χ3n) is 1.63. The SMILES string of the molecule is C/C=C\c1ccoc(=O)c1/C=C\C.CC. The summed E-state index contributed by atoms with van der Waals surface area (Å²) in [5.41, 5.74) is 1.19. The summed E-state index contributed by atoms with van der Waals surface area (Å²) in [4.78, 5) is 11.3. The Bertz CT molecular complexity index is 384. The highest BCUT2D eigenvalue weighted by molar-refractivity contribution is 5.63. The zero-order chi connectivity index (χ0) is 11.7. The molecular weight excluding hydrogens is 188 g/mol. The Morgan fingerprint density at radius 1 is 1.13 bits per heavy atom. The van der Waals surface area contributed by atoms with Crippen LogP contribution in [0.15, 0.2) is 33.7 Å². The molecule has 0 aliphatic rings. The van der Waals surface area contributed by atoms with E-state index in [1.165, 1.54) is 6.26 Å². The zero-order valence-electron chi connectivity index (χ0n) is 9.78. The first kappa shape index (κ1) is 13.4. The molecule has 0 bridgehead atoms. The van der Waals surface area contributed by atoms with E-state index in [1.54, 1.807) is 12.1 Å². The molecule has 2 nitrogen and oxygen atoms in total. The fraction of sp³-hybridized carbons (Fsp3) is 0.308. The Kier molecular flexibility index (Phi) is 6.98. The Morgan fingerprint density at radius 3 is 2.27 bits per heavy atom. The molecule has 0 fully saturated rings. The van der Waals surface area contributed by atoms with Crippen molar-refractivity contribution in [2.24, 2.45) is 0 Å². The number of rotatable bonds is 2. The molecule has 1 aromatic rings. The second-order valence-electron chi connectivity index (χ2n) is 2.58. The van der Waals surface area contributed by atoms with Gasteiger partial charge >= 0.3 is 5.63 Å².